The van der Waals surface area contributed by atoms with Gasteiger partial charge in [0.25, 0.3) is 0 Å². The van der Waals surface area contributed by atoms with Gasteiger partial charge in [-0.15, -0.1) is 11.3 Å². The molecule has 0 atom stereocenters. The van der Waals surface area contributed by atoms with Crippen LogP contribution >= 0.6 is 11.3 Å². The number of hydrogen-bond acceptors (Lipinski definition) is 5. The summed E-state index contributed by atoms with van der Waals surface area (Å²) in [4.78, 5) is 43.6. The van der Waals surface area contributed by atoms with Gasteiger partial charge >= 0.3 is 6.03 Å². The van der Waals surface area contributed by atoms with Crippen molar-refractivity contribution in [1.82, 2.24) is 20.1 Å². The van der Waals surface area contributed by atoms with Gasteiger partial charge in [-0.3, -0.25) is 14.5 Å². The smallest absolute Gasteiger partial charge is 0.324 e. The van der Waals surface area contributed by atoms with Crippen molar-refractivity contribution in [2.45, 2.75) is 13.0 Å². The summed E-state index contributed by atoms with van der Waals surface area (Å²) in [5.41, 5.74) is 1.03. The van der Waals surface area contributed by atoms with Crippen molar-refractivity contribution < 1.29 is 14.4 Å². The van der Waals surface area contributed by atoms with Crippen LogP contribution in [-0.4, -0.2) is 52.8 Å². The lowest BCUT2D eigenvalue weighted by molar-refractivity contribution is -0.138. The lowest BCUT2D eigenvalue weighted by Gasteiger charge is -2.27. The Kier molecular flexibility index (Phi) is 5.08. The van der Waals surface area contributed by atoms with Gasteiger partial charge in [-0.2, -0.15) is 0 Å². The van der Waals surface area contributed by atoms with Gasteiger partial charge < -0.3 is 10.2 Å². The minimum absolute atomic E-state index is 0.220. The molecular formula is C17H18N4O3S. The lowest BCUT2D eigenvalue weighted by atomic mass is 10.2. The van der Waals surface area contributed by atoms with Crippen molar-refractivity contribution in [1.29, 1.82) is 0 Å². The lowest BCUT2D eigenvalue weighted by Crippen LogP contribution is -2.53. The molecule has 1 aromatic carbocycles. The highest BCUT2D eigenvalue weighted by molar-refractivity contribution is 7.15. The molecular weight excluding hydrogens is 340 g/mol. The number of nitrogens with zero attached hydrogens (tertiary/aromatic N) is 3. The van der Waals surface area contributed by atoms with Crippen LogP contribution in [0.2, 0.25) is 0 Å². The van der Waals surface area contributed by atoms with Crippen molar-refractivity contribution >= 4 is 29.2 Å². The van der Waals surface area contributed by atoms with Crippen molar-refractivity contribution in [2.75, 3.05) is 20.1 Å². The molecule has 1 aliphatic heterocycles. The van der Waals surface area contributed by atoms with Crippen LogP contribution in [0.3, 0.4) is 0 Å². The minimum Gasteiger partial charge on any atom is -0.339 e. The summed E-state index contributed by atoms with van der Waals surface area (Å²) in [6.07, 6.45) is 1.97. The first-order valence-corrected chi connectivity index (χ1v) is 8.68. The summed E-state index contributed by atoms with van der Waals surface area (Å²) in [6, 6.07) is 9.31. The van der Waals surface area contributed by atoms with Crippen LogP contribution in [0.4, 0.5) is 4.79 Å². The predicted octanol–water partition coefficient (Wildman–Crippen LogP) is 1.71. The monoisotopic (exact) mass is 358 g/mol. The SMILES string of the molecule is CN(Cc1cnc(-c2ccccc2)s1)C(=O)CN1C(=O)CCNC1=O. The summed E-state index contributed by atoms with van der Waals surface area (Å²) in [7, 11) is 1.65. The number of benzene rings is 1. The zero-order chi connectivity index (χ0) is 17.8. The molecule has 1 aromatic heterocycles. The highest BCUT2D eigenvalue weighted by atomic mass is 32.1. The predicted molar refractivity (Wildman–Crippen MR) is 93.8 cm³/mol. The number of carbonyl (C=O) groups is 3. The van der Waals surface area contributed by atoms with Crippen molar-refractivity contribution in [3.8, 4) is 10.6 Å². The third-order valence-corrected chi connectivity index (χ3v) is 4.88. The number of amides is 4. The molecule has 0 bridgehead atoms. The second-order valence-electron chi connectivity index (χ2n) is 5.71. The van der Waals surface area contributed by atoms with E-state index in [1.165, 1.54) is 16.2 Å². The Balaban J connectivity index is 1.61. The average molecular weight is 358 g/mol. The molecule has 0 spiro atoms. The Morgan fingerprint density at radius 1 is 1.32 bits per heavy atom. The fraction of sp³-hybridized carbons (Fsp3) is 0.294. The Hall–Kier alpha value is -2.74. The highest BCUT2D eigenvalue weighted by Gasteiger charge is 2.28. The first-order chi connectivity index (χ1) is 12.0. The van der Waals surface area contributed by atoms with Gasteiger partial charge in [-0.05, 0) is 0 Å². The van der Waals surface area contributed by atoms with Crippen LogP contribution in [-0.2, 0) is 16.1 Å². The third-order valence-electron chi connectivity index (χ3n) is 3.85. The number of imide groups is 1. The summed E-state index contributed by atoms with van der Waals surface area (Å²) >= 11 is 1.51. The van der Waals surface area contributed by atoms with Gasteiger partial charge in [0.1, 0.15) is 11.6 Å². The molecule has 4 amide bonds. The second kappa shape index (κ2) is 7.43. The van der Waals surface area contributed by atoms with E-state index in [9.17, 15) is 14.4 Å². The molecule has 7 nitrogen and oxygen atoms in total. The van der Waals surface area contributed by atoms with Crippen LogP contribution in [0, 0.1) is 0 Å². The molecule has 0 saturated carbocycles. The fourth-order valence-corrected chi connectivity index (χ4v) is 3.42. The van der Waals surface area contributed by atoms with Crippen molar-refractivity contribution in [3.05, 3.63) is 41.4 Å². The summed E-state index contributed by atoms with van der Waals surface area (Å²) in [5.74, 6) is -0.616. The van der Waals surface area contributed by atoms with E-state index in [0.29, 0.717) is 13.1 Å². The molecule has 2 aromatic rings. The van der Waals surface area contributed by atoms with Crippen LogP contribution in [0.1, 0.15) is 11.3 Å². The number of thiazole rings is 1. The zero-order valence-electron chi connectivity index (χ0n) is 13.8. The maximum Gasteiger partial charge on any atom is 0.324 e. The molecule has 3 rings (SSSR count). The molecule has 1 aliphatic rings. The van der Waals surface area contributed by atoms with E-state index in [1.807, 2.05) is 30.3 Å². The molecule has 1 N–H and O–H groups in total. The summed E-state index contributed by atoms with van der Waals surface area (Å²) < 4.78 is 0. The van der Waals surface area contributed by atoms with Gasteiger partial charge in [0.05, 0.1) is 6.54 Å². The van der Waals surface area contributed by atoms with Crippen molar-refractivity contribution in [2.24, 2.45) is 0 Å². The first kappa shape index (κ1) is 17.1. The highest BCUT2D eigenvalue weighted by Crippen LogP contribution is 2.25. The van der Waals surface area contributed by atoms with Gasteiger partial charge in [0.2, 0.25) is 11.8 Å². The average Bonchev–Trinajstić information content (AvgIpc) is 3.07. The van der Waals surface area contributed by atoms with E-state index < -0.39 is 6.03 Å². The molecule has 25 heavy (non-hydrogen) atoms. The molecule has 0 radical (unpaired) electrons. The van der Waals surface area contributed by atoms with E-state index in [2.05, 4.69) is 10.3 Å². The standard InChI is InChI=1S/C17H18N4O3S/c1-20(15(23)11-21-14(22)7-8-18-17(21)24)10-13-9-19-16(25-13)12-5-3-2-4-6-12/h2-6,9H,7-8,10-11H2,1H3,(H,18,24). The summed E-state index contributed by atoms with van der Waals surface area (Å²) in [6.45, 7) is 0.458. The van der Waals surface area contributed by atoms with E-state index >= 15 is 0 Å². The Bertz CT molecular complexity index is 774. The Morgan fingerprint density at radius 2 is 2.08 bits per heavy atom. The largest absolute Gasteiger partial charge is 0.339 e. The normalized spacial score (nSPS) is 14.4. The van der Waals surface area contributed by atoms with E-state index in [0.717, 1.165) is 20.3 Å². The van der Waals surface area contributed by atoms with E-state index in [4.69, 9.17) is 0 Å². The van der Waals surface area contributed by atoms with Crippen LogP contribution in [0.15, 0.2) is 36.5 Å². The number of carbonyl (C=O) groups excluding carboxylic acids is 3. The van der Waals surface area contributed by atoms with Crippen LogP contribution in [0.25, 0.3) is 10.6 Å². The van der Waals surface area contributed by atoms with Gasteiger partial charge in [-0.1, -0.05) is 30.3 Å². The molecule has 130 valence electrons. The van der Waals surface area contributed by atoms with Crippen LogP contribution < -0.4 is 5.32 Å². The van der Waals surface area contributed by atoms with Gasteiger partial charge in [0, 0.05) is 36.7 Å². The molecule has 2 heterocycles. The number of likely N-dealkylation sites (N-methyl/N-ethyl adjacent to an activating group) is 1. The number of urea groups is 1. The molecule has 1 fully saturated rings. The van der Waals surface area contributed by atoms with Gasteiger partial charge in [-0.25, -0.2) is 9.78 Å². The fourth-order valence-electron chi connectivity index (χ4n) is 2.45. The topological polar surface area (TPSA) is 82.6 Å². The zero-order valence-corrected chi connectivity index (χ0v) is 14.6. The molecule has 0 unspecified atom stereocenters. The maximum absolute atomic E-state index is 12.3. The summed E-state index contributed by atoms with van der Waals surface area (Å²) in [5, 5.41) is 3.46. The third kappa shape index (κ3) is 4.03. The van der Waals surface area contributed by atoms with E-state index in [1.54, 1.807) is 13.2 Å². The minimum atomic E-state index is -0.512. The number of hydrogen-bond donors (Lipinski definition) is 1. The second-order valence-corrected chi connectivity index (χ2v) is 6.82. The maximum atomic E-state index is 12.3. The van der Waals surface area contributed by atoms with Crippen molar-refractivity contribution in [3.63, 3.8) is 0 Å². The quantitative estimate of drug-likeness (QED) is 0.882. The van der Waals surface area contributed by atoms with Gasteiger partial charge in [0.15, 0.2) is 0 Å². The molecule has 0 aliphatic carbocycles. The molecule has 1 saturated heterocycles. The molecule has 8 heteroatoms. The number of rotatable bonds is 5. The Morgan fingerprint density at radius 3 is 2.80 bits per heavy atom. The number of nitrogens with one attached hydrogen (secondary N) is 1. The van der Waals surface area contributed by atoms with Crippen LogP contribution in [0.5, 0.6) is 0 Å². The first-order valence-electron chi connectivity index (χ1n) is 7.87. The Labute approximate surface area is 149 Å². The number of aromatic nitrogens is 1. The van der Waals surface area contributed by atoms with E-state index in [-0.39, 0.29) is 24.8 Å².